The van der Waals surface area contributed by atoms with E-state index in [0.29, 0.717) is 0 Å². The molecule has 1 aliphatic carbocycles. The van der Waals surface area contributed by atoms with Crippen LogP contribution in [0.2, 0.25) is 0 Å². The molecular formula is C8H13NS. The number of hydrogen-bond donors (Lipinski definition) is 1. The van der Waals surface area contributed by atoms with Gasteiger partial charge in [0.05, 0.1) is 0 Å². The summed E-state index contributed by atoms with van der Waals surface area (Å²) in [5.74, 6) is 0. The van der Waals surface area contributed by atoms with Gasteiger partial charge >= 0.3 is 0 Å². The first-order valence-electron chi connectivity index (χ1n) is 3.70. The molecule has 0 saturated heterocycles. The van der Waals surface area contributed by atoms with Crippen molar-refractivity contribution in [2.75, 3.05) is 0 Å². The molecule has 0 heterocycles. The van der Waals surface area contributed by atoms with Gasteiger partial charge in [0, 0.05) is 10.9 Å². The molecule has 1 aliphatic rings. The highest BCUT2D eigenvalue weighted by molar-refractivity contribution is 7.80. The Hall–Kier alpha value is -0.210. The van der Waals surface area contributed by atoms with Crippen molar-refractivity contribution in [2.45, 2.75) is 32.2 Å². The van der Waals surface area contributed by atoms with E-state index in [4.69, 9.17) is 18.0 Å². The quantitative estimate of drug-likeness (QED) is 0.584. The Morgan fingerprint density at radius 3 is 2.80 bits per heavy atom. The molecule has 1 unspecified atom stereocenters. The van der Waals surface area contributed by atoms with Gasteiger partial charge in [0.2, 0.25) is 0 Å². The van der Waals surface area contributed by atoms with Gasteiger partial charge < -0.3 is 5.73 Å². The summed E-state index contributed by atoms with van der Waals surface area (Å²) in [5, 5.41) is 0. The standard InChI is InChI=1S/C8H13NS/c1-6(9)7-4-2-3-5-8(7)10/h4,6H,2-3,5,9H2,1H3. The van der Waals surface area contributed by atoms with Crippen molar-refractivity contribution in [1.29, 1.82) is 0 Å². The van der Waals surface area contributed by atoms with E-state index in [-0.39, 0.29) is 6.04 Å². The lowest BCUT2D eigenvalue weighted by atomic mass is 9.95. The normalized spacial score (nSPS) is 22.2. The van der Waals surface area contributed by atoms with Crippen LogP contribution in [0.25, 0.3) is 0 Å². The molecule has 10 heavy (non-hydrogen) atoms. The third-order valence-corrected chi connectivity index (χ3v) is 2.22. The van der Waals surface area contributed by atoms with Gasteiger partial charge in [0.15, 0.2) is 0 Å². The first kappa shape index (κ1) is 7.89. The monoisotopic (exact) mass is 155 g/mol. The van der Waals surface area contributed by atoms with E-state index in [1.165, 1.54) is 12.0 Å². The lowest BCUT2D eigenvalue weighted by Gasteiger charge is -2.16. The Kier molecular flexibility index (Phi) is 2.57. The zero-order valence-corrected chi connectivity index (χ0v) is 7.08. The lowest BCUT2D eigenvalue weighted by Crippen LogP contribution is -2.24. The minimum atomic E-state index is 0.132. The summed E-state index contributed by atoms with van der Waals surface area (Å²) in [4.78, 5) is 1.07. The number of thiocarbonyl (C=S) groups is 1. The van der Waals surface area contributed by atoms with Crippen LogP contribution in [0.4, 0.5) is 0 Å². The third-order valence-electron chi connectivity index (χ3n) is 1.78. The van der Waals surface area contributed by atoms with Gasteiger partial charge in [-0.15, -0.1) is 0 Å². The zero-order valence-electron chi connectivity index (χ0n) is 6.26. The van der Waals surface area contributed by atoms with Crippen LogP contribution in [-0.4, -0.2) is 10.9 Å². The second kappa shape index (κ2) is 3.26. The van der Waals surface area contributed by atoms with Crippen LogP contribution in [0.3, 0.4) is 0 Å². The van der Waals surface area contributed by atoms with Gasteiger partial charge in [0.1, 0.15) is 0 Å². The molecule has 1 nitrogen and oxygen atoms in total. The van der Waals surface area contributed by atoms with Crippen LogP contribution in [0.5, 0.6) is 0 Å². The molecule has 1 atom stereocenters. The predicted octanol–water partition coefficient (Wildman–Crippen LogP) is 1.81. The average Bonchev–Trinajstić information content (AvgIpc) is 1.88. The third kappa shape index (κ3) is 1.64. The zero-order chi connectivity index (χ0) is 7.56. The van der Waals surface area contributed by atoms with Crippen molar-refractivity contribution in [3.05, 3.63) is 11.6 Å². The summed E-state index contributed by atoms with van der Waals surface area (Å²) in [7, 11) is 0. The second-order valence-corrected chi connectivity index (χ2v) is 3.26. The molecular weight excluding hydrogens is 142 g/mol. The van der Waals surface area contributed by atoms with E-state index in [1.54, 1.807) is 0 Å². The Morgan fingerprint density at radius 2 is 2.40 bits per heavy atom. The fourth-order valence-corrected chi connectivity index (χ4v) is 1.63. The smallest absolute Gasteiger partial charge is 0.0273 e. The van der Waals surface area contributed by atoms with Crippen LogP contribution >= 0.6 is 12.2 Å². The Balaban J connectivity index is 2.71. The molecule has 0 aromatic rings. The highest BCUT2D eigenvalue weighted by Crippen LogP contribution is 2.17. The van der Waals surface area contributed by atoms with E-state index in [9.17, 15) is 0 Å². The number of rotatable bonds is 1. The number of allylic oxidation sites excluding steroid dienone is 1. The Bertz CT molecular complexity index is 170. The summed E-state index contributed by atoms with van der Waals surface area (Å²) >= 11 is 5.16. The molecule has 0 fully saturated rings. The molecule has 0 saturated carbocycles. The van der Waals surface area contributed by atoms with E-state index < -0.39 is 0 Å². The maximum Gasteiger partial charge on any atom is 0.0273 e. The second-order valence-electron chi connectivity index (χ2n) is 2.76. The Morgan fingerprint density at radius 1 is 1.70 bits per heavy atom. The van der Waals surface area contributed by atoms with Crippen LogP contribution < -0.4 is 5.73 Å². The van der Waals surface area contributed by atoms with Gasteiger partial charge in [-0.2, -0.15) is 0 Å². The van der Waals surface area contributed by atoms with Gasteiger partial charge in [-0.25, -0.2) is 0 Å². The fourth-order valence-electron chi connectivity index (χ4n) is 1.22. The van der Waals surface area contributed by atoms with Gasteiger partial charge in [-0.3, -0.25) is 0 Å². The van der Waals surface area contributed by atoms with Crippen molar-refractivity contribution in [1.82, 2.24) is 0 Å². The largest absolute Gasteiger partial charge is 0.324 e. The molecule has 0 amide bonds. The Labute approximate surface area is 67.3 Å². The highest BCUT2D eigenvalue weighted by atomic mass is 32.1. The minimum absolute atomic E-state index is 0.132. The number of nitrogens with two attached hydrogens (primary N) is 1. The minimum Gasteiger partial charge on any atom is -0.324 e. The predicted molar refractivity (Wildman–Crippen MR) is 48.2 cm³/mol. The van der Waals surface area contributed by atoms with Crippen molar-refractivity contribution >= 4 is 17.1 Å². The van der Waals surface area contributed by atoms with E-state index in [0.717, 1.165) is 17.7 Å². The van der Waals surface area contributed by atoms with Crippen molar-refractivity contribution in [2.24, 2.45) is 5.73 Å². The summed E-state index contributed by atoms with van der Waals surface area (Å²) in [5.41, 5.74) is 6.90. The average molecular weight is 155 g/mol. The topological polar surface area (TPSA) is 26.0 Å². The van der Waals surface area contributed by atoms with Gasteiger partial charge in [-0.05, 0) is 31.8 Å². The molecule has 0 aromatic heterocycles. The molecule has 2 heteroatoms. The van der Waals surface area contributed by atoms with Gasteiger partial charge in [0.25, 0.3) is 0 Å². The summed E-state index contributed by atoms with van der Waals surface area (Å²) < 4.78 is 0. The lowest BCUT2D eigenvalue weighted by molar-refractivity contribution is 0.818. The molecule has 1 rings (SSSR count). The molecule has 56 valence electrons. The van der Waals surface area contributed by atoms with Gasteiger partial charge in [-0.1, -0.05) is 18.3 Å². The molecule has 0 aromatic carbocycles. The molecule has 0 radical (unpaired) electrons. The molecule has 0 bridgehead atoms. The fraction of sp³-hybridized carbons (Fsp3) is 0.625. The van der Waals surface area contributed by atoms with Crippen LogP contribution in [0.1, 0.15) is 26.2 Å². The first-order valence-corrected chi connectivity index (χ1v) is 4.11. The van der Waals surface area contributed by atoms with E-state index >= 15 is 0 Å². The first-order chi connectivity index (χ1) is 4.72. The van der Waals surface area contributed by atoms with Crippen LogP contribution in [-0.2, 0) is 0 Å². The number of hydrogen-bond acceptors (Lipinski definition) is 2. The maximum absolute atomic E-state index is 5.70. The van der Waals surface area contributed by atoms with Crippen molar-refractivity contribution in [3.8, 4) is 0 Å². The molecule has 0 spiro atoms. The van der Waals surface area contributed by atoms with E-state index in [2.05, 4.69) is 6.08 Å². The summed E-state index contributed by atoms with van der Waals surface area (Å²) in [6.07, 6.45) is 5.59. The van der Waals surface area contributed by atoms with E-state index in [1.807, 2.05) is 6.92 Å². The molecule has 0 aliphatic heterocycles. The molecule has 2 N–H and O–H groups in total. The SMILES string of the molecule is CC(N)C1=CCCCC1=S. The highest BCUT2D eigenvalue weighted by Gasteiger charge is 2.12. The van der Waals surface area contributed by atoms with Crippen LogP contribution in [0, 0.1) is 0 Å². The summed E-state index contributed by atoms with van der Waals surface area (Å²) in [6.45, 7) is 1.99. The summed E-state index contributed by atoms with van der Waals surface area (Å²) in [6, 6.07) is 0.132. The maximum atomic E-state index is 5.70. The van der Waals surface area contributed by atoms with Crippen LogP contribution in [0.15, 0.2) is 11.6 Å². The van der Waals surface area contributed by atoms with Crippen molar-refractivity contribution in [3.63, 3.8) is 0 Å². The van der Waals surface area contributed by atoms with Crippen molar-refractivity contribution < 1.29 is 0 Å².